The van der Waals surface area contributed by atoms with E-state index in [-0.39, 0.29) is 0 Å². The zero-order chi connectivity index (χ0) is 15.8. The largest absolute Gasteiger partial charge is 0.497 e. The maximum Gasteiger partial charge on any atom is 0.341 e. The Kier molecular flexibility index (Phi) is 5.77. The third kappa shape index (κ3) is 4.22. The first-order valence-corrected chi connectivity index (χ1v) is 7.02. The summed E-state index contributed by atoms with van der Waals surface area (Å²) in [5.74, 6) is 0.679. The van der Waals surface area contributed by atoms with E-state index in [2.05, 4.69) is 4.98 Å². The van der Waals surface area contributed by atoms with Crippen molar-refractivity contribution in [3.05, 3.63) is 53.9 Å². The second-order valence-electron chi connectivity index (χ2n) is 4.66. The Hall–Kier alpha value is -2.56. The summed E-state index contributed by atoms with van der Waals surface area (Å²) in [7, 11) is 3.07. The van der Waals surface area contributed by atoms with Crippen molar-refractivity contribution in [2.75, 3.05) is 20.8 Å². The second kappa shape index (κ2) is 8.02. The highest BCUT2D eigenvalue weighted by Gasteiger charge is 2.14. The molecule has 1 heterocycles. The number of benzene rings is 1. The van der Waals surface area contributed by atoms with Crippen LogP contribution in [0, 0.1) is 0 Å². The molecule has 0 N–H and O–H groups in total. The molecule has 5 nitrogen and oxygen atoms in total. The van der Waals surface area contributed by atoms with Gasteiger partial charge in [0.25, 0.3) is 0 Å². The van der Waals surface area contributed by atoms with Gasteiger partial charge in [0.1, 0.15) is 17.1 Å². The van der Waals surface area contributed by atoms with Crippen molar-refractivity contribution in [3.8, 4) is 11.5 Å². The lowest BCUT2D eigenvalue weighted by molar-refractivity contribution is 0.0497. The van der Waals surface area contributed by atoms with Crippen LogP contribution in [0.4, 0.5) is 0 Å². The van der Waals surface area contributed by atoms with Crippen LogP contribution in [0.2, 0.25) is 0 Å². The molecule has 0 saturated carbocycles. The minimum atomic E-state index is -0.394. The molecule has 0 aliphatic carbocycles. The van der Waals surface area contributed by atoms with Crippen molar-refractivity contribution >= 4 is 5.97 Å². The maximum absolute atomic E-state index is 12.1. The Balaban J connectivity index is 1.87. The Labute approximate surface area is 129 Å². The van der Waals surface area contributed by atoms with Gasteiger partial charge >= 0.3 is 5.97 Å². The van der Waals surface area contributed by atoms with Gasteiger partial charge < -0.3 is 14.2 Å². The normalized spacial score (nSPS) is 10.1. The molecule has 116 valence electrons. The summed E-state index contributed by atoms with van der Waals surface area (Å²) < 4.78 is 15.6. The smallest absolute Gasteiger partial charge is 0.341 e. The highest BCUT2D eigenvalue weighted by molar-refractivity contribution is 5.92. The highest BCUT2D eigenvalue weighted by atomic mass is 16.5. The summed E-state index contributed by atoms with van der Waals surface area (Å²) in [6, 6.07) is 8.91. The third-order valence-corrected chi connectivity index (χ3v) is 3.22. The van der Waals surface area contributed by atoms with Gasteiger partial charge in [0, 0.05) is 18.5 Å². The quantitative estimate of drug-likeness (QED) is 0.581. The van der Waals surface area contributed by atoms with Gasteiger partial charge in [-0.3, -0.25) is 4.98 Å². The van der Waals surface area contributed by atoms with Gasteiger partial charge in [0.05, 0.1) is 20.8 Å². The number of methoxy groups -OCH3 is 2. The summed E-state index contributed by atoms with van der Waals surface area (Å²) in [5.41, 5.74) is 1.57. The summed E-state index contributed by atoms with van der Waals surface area (Å²) in [4.78, 5) is 16.0. The lowest BCUT2D eigenvalue weighted by atomic mass is 10.1. The van der Waals surface area contributed by atoms with Crippen molar-refractivity contribution in [2.45, 2.75) is 12.8 Å². The molecule has 0 aliphatic heterocycles. The number of nitrogens with zero attached hydrogens (tertiary/aromatic N) is 1. The molecule has 0 bridgehead atoms. The van der Waals surface area contributed by atoms with Crippen LogP contribution in [0.25, 0.3) is 0 Å². The summed E-state index contributed by atoms with van der Waals surface area (Å²) >= 11 is 0. The van der Waals surface area contributed by atoms with Crippen LogP contribution in [-0.4, -0.2) is 31.8 Å². The molecule has 0 aliphatic rings. The number of ether oxygens (including phenoxy) is 3. The van der Waals surface area contributed by atoms with Crippen LogP contribution in [0.3, 0.4) is 0 Å². The number of rotatable bonds is 7. The SMILES string of the molecule is COc1ccc(C(=O)OCCCc2ccncc2)c(OC)c1. The fraction of sp³-hybridized carbons (Fsp3) is 0.294. The van der Waals surface area contributed by atoms with Crippen LogP contribution in [-0.2, 0) is 11.2 Å². The number of pyridine rings is 1. The minimum Gasteiger partial charge on any atom is -0.497 e. The zero-order valence-corrected chi connectivity index (χ0v) is 12.7. The monoisotopic (exact) mass is 301 g/mol. The van der Waals surface area contributed by atoms with Crippen molar-refractivity contribution in [2.24, 2.45) is 0 Å². The molecule has 1 aromatic carbocycles. The van der Waals surface area contributed by atoms with Gasteiger partial charge in [-0.05, 0) is 42.7 Å². The first-order chi connectivity index (χ1) is 10.7. The van der Waals surface area contributed by atoms with Crippen LogP contribution in [0.15, 0.2) is 42.7 Å². The minimum absolute atomic E-state index is 0.357. The van der Waals surface area contributed by atoms with E-state index in [1.54, 1.807) is 37.7 Å². The molecule has 0 unspecified atom stereocenters. The summed E-state index contributed by atoms with van der Waals surface area (Å²) in [6.07, 6.45) is 5.11. The van der Waals surface area contributed by atoms with Gasteiger partial charge in [0.15, 0.2) is 0 Å². The van der Waals surface area contributed by atoms with E-state index in [0.717, 1.165) is 12.8 Å². The topological polar surface area (TPSA) is 57.7 Å². The second-order valence-corrected chi connectivity index (χ2v) is 4.66. The number of aryl methyl sites for hydroxylation is 1. The van der Waals surface area contributed by atoms with Gasteiger partial charge in [-0.2, -0.15) is 0 Å². The number of aromatic nitrogens is 1. The average molecular weight is 301 g/mol. The van der Waals surface area contributed by atoms with E-state index >= 15 is 0 Å². The van der Waals surface area contributed by atoms with Gasteiger partial charge in [-0.15, -0.1) is 0 Å². The van der Waals surface area contributed by atoms with E-state index in [0.29, 0.717) is 23.7 Å². The number of carbonyl (C=O) groups is 1. The van der Waals surface area contributed by atoms with E-state index in [1.807, 2.05) is 12.1 Å². The average Bonchev–Trinajstić information content (AvgIpc) is 2.58. The van der Waals surface area contributed by atoms with E-state index < -0.39 is 5.97 Å². The van der Waals surface area contributed by atoms with Crippen molar-refractivity contribution in [3.63, 3.8) is 0 Å². The molecule has 0 spiro atoms. The van der Waals surface area contributed by atoms with Crippen molar-refractivity contribution in [1.29, 1.82) is 0 Å². The molecule has 0 saturated heterocycles. The lowest BCUT2D eigenvalue weighted by Gasteiger charge is -2.10. The van der Waals surface area contributed by atoms with Crippen LogP contribution < -0.4 is 9.47 Å². The zero-order valence-electron chi connectivity index (χ0n) is 12.7. The van der Waals surface area contributed by atoms with E-state index in [1.165, 1.54) is 12.7 Å². The fourth-order valence-electron chi connectivity index (χ4n) is 2.04. The van der Waals surface area contributed by atoms with E-state index in [9.17, 15) is 4.79 Å². The Morgan fingerprint density at radius 1 is 1.09 bits per heavy atom. The Morgan fingerprint density at radius 2 is 1.86 bits per heavy atom. The molecule has 5 heteroatoms. The molecular formula is C17H19NO4. The van der Waals surface area contributed by atoms with Gasteiger partial charge in [0.2, 0.25) is 0 Å². The van der Waals surface area contributed by atoms with Crippen molar-refractivity contribution < 1.29 is 19.0 Å². The van der Waals surface area contributed by atoms with Gasteiger partial charge in [-0.25, -0.2) is 4.79 Å². The van der Waals surface area contributed by atoms with Crippen LogP contribution in [0.5, 0.6) is 11.5 Å². The molecule has 2 aromatic rings. The predicted molar refractivity (Wildman–Crippen MR) is 82.4 cm³/mol. The van der Waals surface area contributed by atoms with Gasteiger partial charge in [-0.1, -0.05) is 0 Å². The number of carbonyl (C=O) groups excluding carboxylic acids is 1. The van der Waals surface area contributed by atoms with Crippen LogP contribution in [0.1, 0.15) is 22.3 Å². The molecular weight excluding hydrogens is 282 g/mol. The molecule has 22 heavy (non-hydrogen) atoms. The highest BCUT2D eigenvalue weighted by Crippen LogP contribution is 2.25. The van der Waals surface area contributed by atoms with Crippen molar-refractivity contribution in [1.82, 2.24) is 4.98 Å². The molecule has 2 rings (SSSR count). The Morgan fingerprint density at radius 3 is 2.55 bits per heavy atom. The standard InChI is InChI=1S/C17H19NO4/c1-20-14-5-6-15(16(12-14)21-2)17(19)22-11-3-4-13-7-9-18-10-8-13/h5-10,12H,3-4,11H2,1-2H3. The summed E-state index contributed by atoms with van der Waals surface area (Å²) in [5, 5.41) is 0. The third-order valence-electron chi connectivity index (χ3n) is 3.22. The molecule has 0 fully saturated rings. The predicted octanol–water partition coefficient (Wildman–Crippen LogP) is 2.89. The van der Waals surface area contributed by atoms with Crippen LogP contribution >= 0.6 is 0 Å². The molecule has 0 amide bonds. The number of hydrogen-bond acceptors (Lipinski definition) is 5. The molecule has 1 aromatic heterocycles. The lowest BCUT2D eigenvalue weighted by Crippen LogP contribution is -2.09. The van der Waals surface area contributed by atoms with E-state index in [4.69, 9.17) is 14.2 Å². The number of hydrogen-bond donors (Lipinski definition) is 0. The summed E-state index contributed by atoms with van der Waals surface area (Å²) in [6.45, 7) is 0.357. The maximum atomic E-state index is 12.1. The molecule has 0 atom stereocenters. The molecule has 0 radical (unpaired) electrons. The Bertz CT molecular complexity index is 613. The fourth-order valence-corrected chi connectivity index (χ4v) is 2.04. The number of esters is 1. The first-order valence-electron chi connectivity index (χ1n) is 7.02. The first kappa shape index (κ1) is 15.8.